The molecule has 0 amide bonds. The van der Waals surface area contributed by atoms with Crippen LogP contribution in [0.25, 0.3) is 0 Å². The van der Waals surface area contributed by atoms with Crippen LogP contribution in [-0.2, 0) is 19.7 Å². The molecule has 0 spiro atoms. The fourth-order valence-corrected chi connectivity index (χ4v) is 2.20. The Kier molecular flexibility index (Phi) is 5.23. The van der Waals surface area contributed by atoms with Gasteiger partial charge in [0.1, 0.15) is 11.6 Å². The molecular formula is C15H14BrF2NO. The first-order chi connectivity index (χ1) is 9.61. The number of benzene rings is 2. The van der Waals surface area contributed by atoms with E-state index in [1.165, 1.54) is 12.1 Å². The van der Waals surface area contributed by atoms with Crippen molar-refractivity contribution in [3.63, 3.8) is 0 Å². The van der Waals surface area contributed by atoms with Gasteiger partial charge in [0.2, 0.25) is 0 Å². The number of aliphatic hydroxyl groups is 1. The molecule has 2 nitrogen and oxygen atoms in total. The van der Waals surface area contributed by atoms with Crippen LogP contribution in [0, 0.1) is 11.6 Å². The zero-order chi connectivity index (χ0) is 14.5. The van der Waals surface area contributed by atoms with Gasteiger partial charge < -0.3 is 10.4 Å². The molecule has 0 fully saturated rings. The standard InChI is InChI=1S/C15H14BrF2NO/c16-13-5-6-14(17)12(15(13)18)8-19-7-10-1-3-11(9-20)4-2-10/h1-6,19-20H,7-9H2. The summed E-state index contributed by atoms with van der Waals surface area (Å²) in [4.78, 5) is 0. The molecule has 0 saturated carbocycles. The smallest absolute Gasteiger partial charge is 0.144 e. The zero-order valence-corrected chi connectivity index (χ0v) is 12.3. The lowest BCUT2D eigenvalue weighted by Gasteiger charge is -2.09. The van der Waals surface area contributed by atoms with E-state index in [4.69, 9.17) is 5.11 Å². The Balaban J connectivity index is 1.97. The summed E-state index contributed by atoms with van der Waals surface area (Å²) in [5.41, 5.74) is 1.84. The van der Waals surface area contributed by atoms with E-state index in [0.717, 1.165) is 11.1 Å². The Morgan fingerprint density at radius 1 is 0.950 bits per heavy atom. The van der Waals surface area contributed by atoms with E-state index in [0.29, 0.717) is 6.54 Å². The molecule has 0 aliphatic heterocycles. The third kappa shape index (κ3) is 3.62. The molecule has 0 aromatic heterocycles. The van der Waals surface area contributed by atoms with E-state index >= 15 is 0 Å². The van der Waals surface area contributed by atoms with E-state index in [1.54, 1.807) is 0 Å². The third-order valence-electron chi connectivity index (χ3n) is 2.98. The van der Waals surface area contributed by atoms with Crippen LogP contribution in [0.2, 0.25) is 0 Å². The predicted molar refractivity (Wildman–Crippen MR) is 77.0 cm³/mol. The average Bonchev–Trinajstić information content (AvgIpc) is 2.47. The molecule has 20 heavy (non-hydrogen) atoms. The van der Waals surface area contributed by atoms with Crippen molar-refractivity contribution in [3.8, 4) is 0 Å². The van der Waals surface area contributed by atoms with E-state index in [-0.39, 0.29) is 23.2 Å². The lowest BCUT2D eigenvalue weighted by atomic mass is 10.1. The number of aliphatic hydroxyl groups excluding tert-OH is 1. The molecule has 0 atom stereocenters. The van der Waals surface area contributed by atoms with Crippen LogP contribution in [0.15, 0.2) is 40.9 Å². The van der Waals surface area contributed by atoms with Crippen LogP contribution in [-0.4, -0.2) is 5.11 Å². The Bertz CT molecular complexity index is 587. The van der Waals surface area contributed by atoms with E-state index in [2.05, 4.69) is 21.2 Å². The molecule has 2 N–H and O–H groups in total. The highest BCUT2D eigenvalue weighted by Gasteiger charge is 2.11. The minimum atomic E-state index is -0.576. The molecule has 0 unspecified atom stereocenters. The fourth-order valence-electron chi connectivity index (χ4n) is 1.83. The molecule has 0 bridgehead atoms. The molecule has 2 rings (SSSR count). The van der Waals surface area contributed by atoms with Crippen molar-refractivity contribution in [1.29, 1.82) is 0 Å². The number of halogens is 3. The number of nitrogens with one attached hydrogen (secondary N) is 1. The first kappa shape index (κ1) is 15.1. The molecule has 0 aliphatic carbocycles. The van der Waals surface area contributed by atoms with Crippen LogP contribution < -0.4 is 5.32 Å². The van der Waals surface area contributed by atoms with Gasteiger partial charge in [-0.05, 0) is 39.2 Å². The van der Waals surface area contributed by atoms with Gasteiger partial charge in [0.15, 0.2) is 0 Å². The van der Waals surface area contributed by atoms with Gasteiger partial charge in [-0.25, -0.2) is 8.78 Å². The third-order valence-corrected chi connectivity index (χ3v) is 3.59. The average molecular weight is 342 g/mol. The fraction of sp³-hybridized carbons (Fsp3) is 0.200. The van der Waals surface area contributed by atoms with Crippen molar-refractivity contribution in [2.75, 3.05) is 0 Å². The van der Waals surface area contributed by atoms with Gasteiger partial charge >= 0.3 is 0 Å². The Hall–Kier alpha value is -1.30. The van der Waals surface area contributed by atoms with Gasteiger partial charge in [-0.3, -0.25) is 0 Å². The van der Waals surface area contributed by atoms with Crippen LogP contribution in [0.1, 0.15) is 16.7 Å². The van der Waals surface area contributed by atoms with Crippen molar-refractivity contribution < 1.29 is 13.9 Å². The number of rotatable bonds is 5. The summed E-state index contributed by atoms with van der Waals surface area (Å²) in [6, 6.07) is 9.95. The molecule has 5 heteroatoms. The van der Waals surface area contributed by atoms with Gasteiger partial charge in [-0.1, -0.05) is 24.3 Å². The largest absolute Gasteiger partial charge is 0.392 e. The topological polar surface area (TPSA) is 32.3 Å². The Morgan fingerprint density at radius 3 is 2.25 bits per heavy atom. The van der Waals surface area contributed by atoms with Gasteiger partial charge in [0.05, 0.1) is 11.1 Å². The summed E-state index contributed by atoms with van der Waals surface area (Å²) in [6.07, 6.45) is 0. The molecular weight excluding hydrogens is 328 g/mol. The summed E-state index contributed by atoms with van der Waals surface area (Å²) in [5, 5.41) is 11.9. The molecule has 0 aliphatic rings. The first-order valence-corrected chi connectivity index (χ1v) is 6.93. The zero-order valence-electron chi connectivity index (χ0n) is 10.7. The second-order valence-electron chi connectivity index (χ2n) is 4.40. The summed E-state index contributed by atoms with van der Waals surface area (Å²) in [5.74, 6) is -1.14. The molecule has 0 radical (unpaired) electrons. The summed E-state index contributed by atoms with van der Waals surface area (Å²) >= 11 is 3.04. The summed E-state index contributed by atoms with van der Waals surface area (Å²) in [6.45, 7) is 0.609. The predicted octanol–water partition coefficient (Wildman–Crippen LogP) is 3.51. The highest BCUT2D eigenvalue weighted by atomic mass is 79.9. The maximum absolute atomic E-state index is 13.7. The Labute approximate surface area is 124 Å². The minimum absolute atomic E-state index is 0.00216. The molecule has 106 valence electrons. The first-order valence-electron chi connectivity index (χ1n) is 6.13. The van der Waals surface area contributed by atoms with Crippen LogP contribution in [0.4, 0.5) is 8.78 Å². The van der Waals surface area contributed by atoms with E-state index in [9.17, 15) is 8.78 Å². The van der Waals surface area contributed by atoms with E-state index in [1.807, 2.05) is 24.3 Å². The van der Waals surface area contributed by atoms with Crippen molar-refractivity contribution in [3.05, 3.63) is 69.2 Å². The molecule has 2 aromatic rings. The minimum Gasteiger partial charge on any atom is -0.392 e. The highest BCUT2D eigenvalue weighted by Crippen LogP contribution is 2.21. The SMILES string of the molecule is OCc1ccc(CNCc2c(F)ccc(Br)c2F)cc1. The van der Waals surface area contributed by atoms with Gasteiger partial charge in [-0.15, -0.1) is 0 Å². The molecule has 0 saturated heterocycles. The highest BCUT2D eigenvalue weighted by molar-refractivity contribution is 9.10. The van der Waals surface area contributed by atoms with Gasteiger partial charge in [0.25, 0.3) is 0 Å². The van der Waals surface area contributed by atoms with Crippen molar-refractivity contribution in [2.24, 2.45) is 0 Å². The lowest BCUT2D eigenvalue weighted by molar-refractivity contribution is 0.282. The van der Waals surface area contributed by atoms with Gasteiger partial charge in [0, 0.05) is 18.7 Å². The maximum Gasteiger partial charge on any atom is 0.144 e. The Morgan fingerprint density at radius 2 is 1.60 bits per heavy atom. The number of hydrogen-bond donors (Lipinski definition) is 2. The van der Waals surface area contributed by atoms with Crippen molar-refractivity contribution in [2.45, 2.75) is 19.7 Å². The normalized spacial score (nSPS) is 10.8. The second-order valence-corrected chi connectivity index (χ2v) is 5.25. The van der Waals surface area contributed by atoms with Crippen molar-refractivity contribution in [1.82, 2.24) is 5.32 Å². The molecule has 2 aromatic carbocycles. The second kappa shape index (κ2) is 6.92. The lowest BCUT2D eigenvalue weighted by Crippen LogP contribution is -2.15. The molecule has 0 heterocycles. The quantitative estimate of drug-likeness (QED) is 0.815. The number of hydrogen-bond acceptors (Lipinski definition) is 2. The van der Waals surface area contributed by atoms with Crippen LogP contribution >= 0.6 is 15.9 Å². The monoisotopic (exact) mass is 341 g/mol. The van der Waals surface area contributed by atoms with Crippen LogP contribution in [0.3, 0.4) is 0 Å². The summed E-state index contributed by atoms with van der Waals surface area (Å²) < 4.78 is 27.5. The van der Waals surface area contributed by atoms with Gasteiger partial charge in [-0.2, -0.15) is 0 Å². The van der Waals surface area contributed by atoms with E-state index < -0.39 is 11.6 Å². The summed E-state index contributed by atoms with van der Waals surface area (Å²) in [7, 11) is 0. The maximum atomic E-state index is 13.7. The van der Waals surface area contributed by atoms with Crippen molar-refractivity contribution >= 4 is 15.9 Å². The van der Waals surface area contributed by atoms with Crippen LogP contribution in [0.5, 0.6) is 0 Å².